The number of halogens is 2. The molecule has 2 rings (SSSR count). The van der Waals surface area contributed by atoms with Gasteiger partial charge in [0.1, 0.15) is 0 Å². The molecule has 2 nitrogen and oxygen atoms in total. The van der Waals surface area contributed by atoms with Gasteiger partial charge in [0, 0.05) is 17.9 Å². The highest BCUT2D eigenvalue weighted by molar-refractivity contribution is 5.21. The van der Waals surface area contributed by atoms with Gasteiger partial charge in [0.15, 0.2) is 11.6 Å². The van der Waals surface area contributed by atoms with Crippen LogP contribution in [0.4, 0.5) is 8.78 Å². The topological polar surface area (TPSA) is 24.9 Å². The lowest BCUT2D eigenvalue weighted by Gasteiger charge is -2.16. The van der Waals surface area contributed by atoms with Gasteiger partial charge in [-0.15, -0.1) is 0 Å². The Bertz CT molecular complexity index is 529. The third kappa shape index (κ3) is 3.58. The lowest BCUT2D eigenvalue weighted by atomic mass is 10.0. The molecule has 0 radical (unpaired) electrons. The molecule has 1 unspecified atom stereocenters. The summed E-state index contributed by atoms with van der Waals surface area (Å²) in [7, 11) is 1.81. The second-order valence-corrected chi connectivity index (χ2v) is 4.37. The molecule has 0 aliphatic rings. The van der Waals surface area contributed by atoms with Crippen LogP contribution in [0.25, 0.3) is 0 Å². The van der Waals surface area contributed by atoms with Gasteiger partial charge in [-0.1, -0.05) is 12.1 Å². The summed E-state index contributed by atoms with van der Waals surface area (Å²) in [4.78, 5) is 4.25. The number of aromatic nitrogens is 1. The molecule has 1 N–H and O–H groups in total. The molecule has 1 heterocycles. The number of aryl methyl sites for hydroxylation is 1. The van der Waals surface area contributed by atoms with Crippen LogP contribution in [0.3, 0.4) is 0 Å². The Morgan fingerprint density at radius 1 is 1.16 bits per heavy atom. The summed E-state index contributed by atoms with van der Waals surface area (Å²) in [5.41, 5.74) is 1.74. The Labute approximate surface area is 111 Å². The van der Waals surface area contributed by atoms with Crippen molar-refractivity contribution in [3.63, 3.8) is 0 Å². The summed E-state index contributed by atoms with van der Waals surface area (Å²) >= 11 is 0. The van der Waals surface area contributed by atoms with Crippen LogP contribution in [0.5, 0.6) is 0 Å². The Balaban J connectivity index is 2.05. The van der Waals surface area contributed by atoms with Crippen molar-refractivity contribution < 1.29 is 8.78 Å². The van der Waals surface area contributed by atoms with Crippen molar-refractivity contribution in [3.8, 4) is 0 Å². The van der Waals surface area contributed by atoms with Crippen molar-refractivity contribution in [2.24, 2.45) is 0 Å². The van der Waals surface area contributed by atoms with Crippen molar-refractivity contribution in [1.82, 2.24) is 10.3 Å². The van der Waals surface area contributed by atoms with Crippen LogP contribution in [0, 0.1) is 11.6 Å². The quantitative estimate of drug-likeness (QED) is 0.894. The summed E-state index contributed by atoms with van der Waals surface area (Å²) in [6.07, 6.45) is 3.31. The fourth-order valence-electron chi connectivity index (χ4n) is 2.05. The van der Waals surface area contributed by atoms with E-state index < -0.39 is 11.6 Å². The number of benzene rings is 1. The lowest BCUT2D eigenvalue weighted by molar-refractivity contribution is 0.496. The van der Waals surface area contributed by atoms with Crippen LogP contribution in [0.1, 0.15) is 23.7 Å². The van der Waals surface area contributed by atoms with Crippen LogP contribution in [0.15, 0.2) is 42.6 Å². The zero-order valence-corrected chi connectivity index (χ0v) is 10.7. The minimum absolute atomic E-state index is 0.0166. The van der Waals surface area contributed by atoms with Crippen molar-refractivity contribution in [1.29, 1.82) is 0 Å². The van der Waals surface area contributed by atoms with E-state index in [1.165, 1.54) is 6.07 Å². The van der Waals surface area contributed by atoms with Gasteiger partial charge >= 0.3 is 0 Å². The van der Waals surface area contributed by atoms with E-state index in [0.717, 1.165) is 30.2 Å². The van der Waals surface area contributed by atoms with E-state index in [-0.39, 0.29) is 6.04 Å². The second-order valence-electron chi connectivity index (χ2n) is 4.37. The van der Waals surface area contributed by atoms with Crippen LogP contribution in [-0.4, -0.2) is 12.0 Å². The molecule has 0 spiro atoms. The maximum absolute atomic E-state index is 13.2. The van der Waals surface area contributed by atoms with Gasteiger partial charge in [-0.3, -0.25) is 4.98 Å². The molecule has 1 aromatic heterocycles. The first-order valence-electron chi connectivity index (χ1n) is 6.23. The first kappa shape index (κ1) is 13.6. The standard InChI is InChI=1S/C15H16F2N2/c1-18-15(8-6-12-4-2-3-9-19-12)11-5-7-13(16)14(17)10-11/h2-5,7,9-10,15,18H,6,8H2,1H3. The number of nitrogens with zero attached hydrogens (tertiary/aromatic N) is 1. The molecular weight excluding hydrogens is 246 g/mol. The fourth-order valence-corrected chi connectivity index (χ4v) is 2.05. The van der Waals surface area contributed by atoms with Gasteiger partial charge < -0.3 is 5.32 Å². The molecule has 0 amide bonds. The Hall–Kier alpha value is -1.81. The summed E-state index contributed by atoms with van der Waals surface area (Å²) < 4.78 is 26.1. The van der Waals surface area contributed by atoms with E-state index in [4.69, 9.17) is 0 Å². The van der Waals surface area contributed by atoms with E-state index in [1.807, 2.05) is 25.2 Å². The highest BCUT2D eigenvalue weighted by Gasteiger charge is 2.12. The van der Waals surface area contributed by atoms with Crippen molar-refractivity contribution in [2.45, 2.75) is 18.9 Å². The highest BCUT2D eigenvalue weighted by Crippen LogP contribution is 2.20. The molecule has 0 aliphatic carbocycles. The van der Waals surface area contributed by atoms with Crippen molar-refractivity contribution in [3.05, 3.63) is 65.5 Å². The lowest BCUT2D eigenvalue weighted by Crippen LogP contribution is -2.17. The van der Waals surface area contributed by atoms with E-state index in [9.17, 15) is 8.78 Å². The monoisotopic (exact) mass is 262 g/mol. The normalized spacial score (nSPS) is 12.4. The number of rotatable bonds is 5. The molecule has 0 bridgehead atoms. The molecule has 2 aromatic rings. The number of pyridine rings is 1. The van der Waals surface area contributed by atoms with E-state index in [1.54, 1.807) is 12.3 Å². The number of hydrogen-bond donors (Lipinski definition) is 1. The van der Waals surface area contributed by atoms with Gasteiger partial charge in [0.05, 0.1) is 0 Å². The maximum Gasteiger partial charge on any atom is 0.159 e. The summed E-state index contributed by atoms with van der Waals surface area (Å²) in [6, 6.07) is 9.76. The van der Waals surface area contributed by atoms with Gasteiger partial charge in [-0.05, 0) is 49.7 Å². The number of hydrogen-bond acceptors (Lipinski definition) is 2. The molecule has 0 saturated heterocycles. The molecule has 100 valence electrons. The third-order valence-electron chi connectivity index (χ3n) is 3.11. The third-order valence-corrected chi connectivity index (χ3v) is 3.11. The highest BCUT2D eigenvalue weighted by atomic mass is 19.2. The van der Waals surface area contributed by atoms with Gasteiger partial charge in [0.25, 0.3) is 0 Å². The molecule has 1 atom stereocenters. The summed E-state index contributed by atoms with van der Waals surface area (Å²) in [6.45, 7) is 0. The fraction of sp³-hybridized carbons (Fsp3) is 0.267. The first-order valence-corrected chi connectivity index (χ1v) is 6.23. The van der Waals surface area contributed by atoms with Gasteiger partial charge in [0.2, 0.25) is 0 Å². The van der Waals surface area contributed by atoms with Gasteiger partial charge in [-0.2, -0.15) is 0 Å². The zero-order chi connectivity index (χ0) is 13.7. The average Bonchev–Trinajstić information content (AvgIpc) is 2.44. The minimum atomic E-state index is -0.816. The predicted molar refractivity (Wildman–Crippen MR) is 70.7 cm³/mol. The van der Waals surface area contributed by atoms with Crippen LogP contribution < -0.4 is 5.32 Å². The molecule has 0 fully saturated rings. The van der Waals surface area contributed by atoms with Crippen LogP contribution in [0.2, 0.25) is 0 Å². The SMILES string of the molecule is CNC(CCc1ccccn1)c1ccc(F)c(F)c1. The van der Waals surface area contributed by atoms with Crippen LogP contribution >= 0.6 is 0 Å². The number of nitrogens with one attached hydrogen (secondary N) is 1. The molecule has 19 heavy (non-hydrogen) atoms. The van der Waals surface area contributed by atoms with Crippen molar-refractivity contribution in [2.75, 3.05) is 7.05 Å². The van der Waals surface area contributed by atoms with Gasteiger partial charge in [-0.25, -0.2) is 8.78 Å². The zero-order valence-electron chi connectivity index (χ0n) is 10.7. The maximum atomic E-state index is 13.2. The molecule has 0 saturated carbocycles. The molecule has 4 heteroatoms. The summed E-state index contributed by atoms with van der Waals surface area (Å²) in [5, 5.41) is 3.12. The Kier molecular flexibility index (Phi) is 4.58. The minimum Gasteiger partial charge on any atom is -0.313 e. The average molecular weight is 262 g/mol. The largest absolute Gasteiger partial charge is 0.313 e. The smallest absolute Gasteiger partial charge is 0.159 e. The Morgan fingerprint density at radius 3 is 2.63 bits per heavy atom. The Morgan fingerprint density at radius 2 is 2.00 bits per heavy atom. The van der Waals surface area contributed by atoms with E-state index in [0.29, 0.717) is 0 Å². The van der Waals surface area contributed by atoms with Crippen LogP contribution in [-0.2, 0) is 6.42 Å². The van der Waals surface area contributed by atoms with E-state index in [2.05, 4.69) is 10.3 Å². The van der Waals surface area contributed by atoms with E-state index >= 15 is 0 Å². The molecular formula is C15H16F2N2. The summed E-state index contributed by atoms with van der Waals surface area (Å²) in [5.74, 6) is -1.63. The second kappa shape index (κ2) is 6.38. The van der Waals surface area contributed by atoms with Crippen molar-refractivity contribution >= 4 is 0 Å². The predicted octanol–water partition coefficient (Wildman–Crippen LogP) is 3.25. The first-order chi connectivity index (χ1) is 9.20. The molecule has 1 aromatic carbocycles. The molecule has 0 aliphatic heterocycles.